The van der Waals surface area contributed by atoms with Crippen molar-refractivity contribution >= 4 is 33.0 Å². The van der Waals surface area contributed by atoms with Gasteiger partial charge in [-0.3, -0.25) is 14.4 Å². The summed E-state index contributed by atoms with van der Waals surface area (Å²) in [5.74, 6) is 0. The normalized spacial score (nSPS) is 11.2. The molecule has 6 nitrogen and oxygen atoms in total. The van der Waals surface area contributed by atoms with Crippen LogP contribution in [0.25, 0.3) is 0 Å². The van der Waals surface area contributed by atoms with Gasteiger partial charge in [-0.15, -0.1) is 0 Å². The molecule has 116 valence electrons. The van der Waals surface area contributed by atoms with E-state index in [1.807, 2.05) is 6.92 Å². The second-order valence-electron chi connectivity index (χ2n) is 4.65. The van der Waals surface area contributed by atoms with Gasteiger partial charge >= 0.3 is 5.69 Å². The summed E-state index contributed by atoms with van der Waals surface area (Å²) >= 11 is 5.82. The molecule has 0 N–H and O–H groups in total. The number of sulfonamides is 1. The molecule has 0 aliphatic heterocycles. The Kier molecular flexibility index (Phi) is 4.39. The van der Waals surface area contributed by atoms with Gasteiger partial charge in [0, 0.05) is 7.05 Å². The molecular formula is C14H13ClN2O4S. The first-order valence-corrected chi connectivity index (χ1v) is 8.05. The molecule has 8 heteroatoms. The topological polar surface area (TPSA) is 80.5 Å². The van der Waals surface area contributed by atoms with Gasteiger partial charge in [-0.1, -0.05) is 35.4 Å². The van der Waals surface area contributed by atoms with Crippen LogP contribution in [-0.4, -0.2) is 20.4 Å². The molecule has 0 saturated heterocycles. The number of hydrogen-bond donors (Lipinski definition) is 0. The first kappa shape index (κ1) is 16.3. The monoisotopic (exact) mass is 340 g/mol. The van der Waals surface area contributed by atoms with E-state index in [0.717, 1.165) is 9.87 Å². The number of benzene rings is 2. The largest absolute Gasteiger partial charge is 0.311 e. The molecule has 0 heterocycles. The Hall–Kier alpha value is -2.12. The minimum Gasteiger partial charge on any atom is -0.262 e. The SMILES string of the molecule is Cc1ccc(S(=O)(=O)N(C)c2cccc(Cl)c2[N+](=O)[O-])cc1. The molecule has 0 amide bonds. The zero-order chi connectivity index (χ0) is 16.5. The zero-order valence-electron chi connectivity index (χ0n) is 11.9. The van der Waals surface area contributed by atoms with Crippen molar-refractivity contribution in [3.63, 3.8) is 0 Å². The van der Waals surface area contributed by atoms with Crippen molar-refractivity contribution in [1.82, 2.24) is 0 Å². The number of nitro benzene ring substituents is 1. The van der Waals surface area contributed by atoms with Gasteiger partial charge in [0.25, 0.3) is 10.0 Å². The van der Waals surface area contributed by atoms with Gasteiger partial charge in [0.2, 0.25) is 0 Å². The maximum Gasteiger partial charge on any atom is 0.311 e. The standard InChI is InChI=1S/C14H13ClN2O4S/c1-10-6-8-11(9-7-10)22(20,21)16(2)13-5-3-4-12(15)14(13)17(18)19/h3-9H,1-2H3. The summed E-state index contributed by atoms with van der Waals surface area (Å²) in [6, 6.07) is 10.4. The Balaban J connectivity index is 2.56. The van der Waals surface area contributed by atoms with Crippen molar-refractivity contribution < 1.29 is 13.3 Å². The van der Waals surface area contributed by atoms with Crippen molar-refractivity contribution in [2.24, 2.45) is 0 Å². The predicted octanol–water partition coefficient (Wildman–Crippen LogP) is 3.38. The Morgan fingerprint density at radius 3 is 2.27 bits per heavy atom. The lowest BCUT2D eigenvalue weighted by molar-refractivity contribution is -0.383. The minimum absolute atomic E-state index is 0.0508. The molecule has 2 aromatic rings. The number of nitrogens with zero attached hydrogens (tertiary/aromatic N) is 2. The third kappa shape index (κ3) is 2.90. The Labute approximate surface area is 133 Å². The van der Waals surface area contributed by atoms with Crippen molar-refractivity contribution in [2.45, 2.75) is 11.8 Å². The molecule has 0 spiro atoms. The van der Waals surface area contributed by atoms with Gasteiger partial charge in [0.1, 0.15) is 10.7 Å². The van der Waals surface area contributed by atoms with Crippen LogP contribution in [0.4, 0.5) is 11.4 Å². The predicted molar refractivity (Wildman–Crippen MR) is 84.9 cm³/mol. The van der Waals surface area contributed by atoms with Crippen LogP contribution >= 0.6 is 11.6 Å². The van der Waals surface area contributed by atoms with E-state index in [9.17, 15) is 18.5 Å². The number of para-hydroxylation sites is 1. The Morgan fingerprint density at radius 2 is 1.73 bits per heavy atom. The lowest BCUT2D eigenvalue weighted by atomic mass is 10.2. The van der Waals surface area contributed by atoms with E-state index in [1.165, 1.54) is 37.4 Å². The number of hydrogen-bond acceptors (Lipinski definition) is 4. The third-order valence-electron chi connectivity index (χ3n) is 3.17. The summed E-state index contributed by atoms with van der Waals surface area (Å²) in [4.78, 5) is 10.5. The molecule has 0 atom stereocenters. The van der Waals surface area contributed by atoms with Crippen LogP contribution < -0.4 is 4.31 Å². The van der Waals surface area contributed by atoms with E-state index in [1.54, 1.807) is 12.1 Å². The third-order valence-corrected chi connectivity index (χ3v) is 5.26. The molecule has 0 fully saturated rings. The van der Waals surface area contributed by atoms with E-state index in [0.29, 0.717) is 0 Å². The number of nitro groups is 1. The maximum absolute atomic E-state index is 12.6. The lowest BCUT2D eigenvalue weighted by Crippen LogP contribution is -2.27. The fourth-order valence-corrected chi connectivity index (χ4v) is 3.38. The zero-order valence-corrected chi connectivity index (χ0v) is 13.4. The highest BCUT2D eigenvalue weighted by Gasteiger charge is 2.29. The molecule has 2 rings (SSSR count). The molecule has 2 aromatic carbocycles. The van der Waals surface area contributed by atoms with Gasteiger partial charge in [-0.2, -0.15) is 0 Å². The Morgan fingerprint density at radius 1 is 1.14 bits per heavy atom. The number of aryl methyl sites for hydroxylation is 1. The number of halogens is 1. The fourth-order valence-electron chi connectivity index (χ4n) is 1.94. The number of anilines is 1. The molecule has 0 radical (unpaired) electrons. The van der Waals surface area contributed by atoms with E-state index >= 15 is 0 Å². The van der Waals surface area contributed by atoms with Crippen molar-refractivity contribution in [1.29, 1.82) is 0 Å². The second kappa shape index (κ2) is 5.94. The smallest absolute Gasteiger partial charge is 0.262 e. The number of rotatable bonds is 4. The summed E-state index contributed by atoms with van der Waals surface area (Å²) in [6.07, 6.45) is 0. The quantitative estimate of drug-likeness (QED) is 0.631. The molecule has 0 bridgehead atoms. The summed E-state index contributed by atoms with van der Waals surface area (Å²) in [5, 5.41) is 11.0. The maximum atomic E-state index is 12.6. The minimum atomic E-state index is -3.91. The Bertz CT molecular complexity index is 819. The van der Waals surface area contributed by atoms with Crippen LogP contribution in [0.15, 0.2) is 47.4 Å². The van der Waals surface area contributed by atoms with Gasteiger partial charge in [0.15, 0.2) is 0 Å². The average Bonchev–Trinajstić information content (AvgIpc) is 2.46. The van der Waals surface area contributed by atoms with E-state index in [2.05, 4.69) is 0 Å². The van der Waals surface area contributed by atoms with Gasteiger partial charge in [-0.05, 0) is 31.2 Å². The van der Waals surface area contributed by atoms with Gasteiger partial charge in [-0.25, -0.2) is 8.42 Å². The first-order valence-electron chi connectivity index (χ1n) is 6.23. The van der Waals surface area contributed by atoms with Crippen LogP contribution in [0.1, 0.15) is 5.56 Å². The summed E-state index contributed by atoms with van der Waals surface area (Å²) in [7, 11) is -2.65. The highest BCUT2D eigenvalue weighted by Crippen LogP contribution is 2.36. The summed E-state index contributed by atoms with van der Waals surface area (Å²) in [6.45, 7) is 1.84. The molecule has 0 aliphatic rings. The van der Waals surface area contributed by atoms with Crippen LogP contribution in [0, 0.1) is 17.0 Å². The lowest BCUT2D eigenvalue weighted by Gasteiger charge is -2.19. The molecule has 0 unspecified atom stereocenters. The van der Waals surface area contributed by atoms with E-state index in [-0.39, 0.29) is 15.6 Å². The van der Waals surface area contributed by atoms with Gasteiger partial charge in [0.05, 0.1) is 9.82 Å². The fraction of sp³-hybridized carbons (Fsp3) is 0.143. The molecule has 22 heavy (non-hydrogen) atoms. The highest BCUT2D eigenvalue weighted by atomic mass is 35.5. The van der Waals surface area contributed by atoms with Crippen LogP contribution in [-0.2, 0) is 10.0 Å². The average molecular weight is 341 g/mol. The van der Waals surface area contributed by atoms with E-state index < -0.39 is 20.6 Å². The molecule has 0 aromatic heterocycles. The highest BCUT2D eigenvalue weighted by molar-refractivity contribution is 7.92. The van der Waals surface area contributed by atoms with Crippen LogP contribution in [0.5, 0.6) is 0 Å². The summed E-state index contributed by atoms with van der Waals surface area (Å²) < 4.78 is 26.0. The van der Waals surface area contributed by atoms with Crippen LogP contribution in [0.2, 0.25) is 5.02 Å². The first-order chi connectivity index (χ1) is 10.2. The van der Waals surface area contributed by atoms with Gasteiger partial charge < -0.3 is 0 Å². The molecule has 0 aliphatic carbocycles. The van der Waals surface area contributed by atoms with Crippen molar-refractivity contribution in [3.8, 4) is 0 Å². The van der Waals surface area contributed by atoms with Crippen LogP contribution in [0.3, 0.4) is 0 Å². The van der Waals surface area contributed by atoms with Crippen molar-refractivity contribution in [2.75, 3.05) is 11.4 Å². The molecular weight excluding hydrogens is 328 g/mol. The van der Waals surface area contributed by atoms with Crippen molar-refractivity contribution in [3.05, 3.63) is 63.2 Å². The van der Waals surface area contributed by atoms with E-state index in [4.69, 9.17) is 11.6 Å². The summed E-state index contributed by atoms with van der Waals surface area (Å²) in [5.41, 5.74) is 0.385. The second-order valence-corrected chi connectivity index (χ2v) is 7.03. The molecule has 0 saturated carbocycles.